The van der Waals surface area contributed by atoms with Gasteiger partial charge in [-0.1, -0.05) is 30.3 Å². The van der Waals surface area contributed by atoms with Gasteiger partial charge < -0.3 is 24.6 Å². The monoisotopic (exact) mass is 279 g/mol. The number of benzene rings is 1. The first kappa shape index (κ1) is 14.0. The summed E-state index contributed by atoms with van der Waals surface area (Å²) < 4.78 is 17.3. The van der Waals surface area contributed by atoms with E-state index in [1.165, 1.54) is 0 Å². The molecule has 2 fully saturated rings. The van der Waals surface area contributed by atoms with Crippen LogP contribution in [0.15, 0.2) is 30.3 Å². The number of ether oxygens (including phenoxy) is 3. The third-order valence-corrected chi connectivity index (χ3v) is 3.89. The van der Waals surface area contributed by atoms with Gasteiger partial charge in [0.25, 0.3) is 0 Å². The van der Waals surface area contributed by atoms with Gasteiger partial charge in [-0.3, -0.25) is 0 Å². The molecule has 2 aliphatic rings. The summed E-state index contributed by atoms with van der Waals surface area (Å²) in [5.74, 6) is 0. The number of nitrogens with one attached hydrogen (secondary N) is 1. The Kier molecular flexibility index (Phi) is 4.33. The lowest BCUT2D eigenvalue weighted by atomic mass is 10.1. The molecule has 2 saturated heterocycles. The smallest absolute Gasteiger partial charge is 0.155 e. The quantitative estimate of drug-likeness (QED) is 0.848. The van der Waals surface area contributed by atoms with Crippen molar-refractivity contribution in [3.8, 4) is 0 Å². The number of fused-ring (bicyclic) bond motifs is 1. The molecule has 1 aromatic carbocycles. The molecule has 2 N–H and O–H groups in total. The molecule has 2 aliphatic heterocycles. The van der Waals surface area contributed by atoms with Crippen molar-refractivity contribution >= 4 is 0 Å². The van der Waals surface area contributed by atoms with Crippen molar-refractivity contribution in [2.75, 3.05) is 13.2 Å². The van der Waals surface area contributed by atoms with Gasteiger partial charge in [0.1, 0.15) is 12.2 Å². The molecule has 2 heterocycles. The zero-order chi connectivity index (χ0) is 13.9. The van der Waals surface area contributed by atoms with Gasteiger partial charge in [0.15, 0.2) is 6.29 Å². The molecule has 0 aliphatic carbocycles. The SMILES string of the molecule is C[C@@H]1OC[C@@H]2N[C@H](CO)[C@@H](OCc3ccccc3)[C@@H]2O1. The Morgan fingerprint density at radius 1 is 1.35 bits per heavy atom. The third-order valence-electron chi connectivity index (χ3n) is 3.89. The highest BCUT2D eigenvalue weighted by molar-refractivity contribution is 5.13. The van der Waals surface area contributed by atoms with E-state index in [9.17, 15) is 5.11 Å². The molecule has 5 heteroatoms. The van der Waals surface area contributed by atoms with Crippen LogP contribution in [0.4, 0.5) is 0 Å². The Balaban J connectivity index is 1.66. The van der Waals surface area contributed by atoms with Gasteiger partial charge in [-0.05, 0) is 12.5 Å². The summed E-state index contributed by atoms with van der Waals surface area (Å²) in [6.07, 6.45) is -0.450. The van der Waals surface area contributed by atoms with Crippen LogP contribution < -0.4 is 5.32 Å². The number of hydrogen-bond donors (Lipinski definition) is 2. The topological polar surface area (TPSA) is 60.0 Å². The van der Waals surface area contributed by atoms with Crippen molar-refractivity contribution in [1.82, 2.24) is 5.32 Å². The van der Waals surface area contributed by atoms with Crippen LogP contribution in [0.5, 0.6) is 0 Å². The van der Waals surface area contributed by atoms with Gasteiger partial charge in [0.05, 0.1) is 31.9 Å². The zero-order valence-corrected chi connectivity index (χ0v) is 11.6. The first-order valence-corrected chi connectivity index (χ1v) is 7.07. The molecule has 5 nitrogen and oxygen atoms in total. The Hall–Kier alpha value is -0.980. The average molecular weight is 279 g/mol. The van der Waals surface area contributed by atoms with E-state index in [1.807, 2.05) is 37.3 Å². The predicted molar refractivity (Wildman–Crippen MR) is 73.1 cm³/mol. The predicted octanol–water partition coefficient (Wildman–Crippen LogP) is 0.666. The lowest BCUT2D eigenvalue weighted by Gasteiger charge is -2.33. The molecule has 0 bridgehead atoms. The van der Waals surface area contributed by atoms with Gasteiger partial charge in [0, 0.05) is 0 Å². The lowest BCUT2D eigenvalue weighted by Crippen LogP contribution is -2.47. The van der Waals surface area contributed by atoms with Crippen LogP contribution in [0, 0.1) is 0 Å². The summed E-state index contributed by atoms with van der Waals surface area (Å²) >= 11 is 0. The van der Waals surface area contributed by atoms with E-state index < -0.39 is 0 Å². The standard InChI is InChI=1S/C15H21NO4/c1-10-18-9-13-15(20-10)14(12(7-17)16-13)19-8-11-5-3-2-4-6-11/h2-6,10,12-17H,7-9H2,1H3/t10-,12-,13+,14-,15-/m1/s1. The van der Waals surface area contributed by atoms with E-state index >= 15 is 0 Å². The molecule has 0 spiro atoms. The summed E-state index contributed by atoms with van der Waals surface area (Å²) in [6.45, 7) is 3.03. The Morgan fingerprint density at radius 3 is 2.90 bits per heavy atom. The minimum Gasteiger partial charge on any atom is -0.395 e. The number of rotatable bonds is 4. The number of aliphatic hydroxyl groups is 1. The molecule has 0 radical (unpaired) electrons. The van der Waals surface area contributed by atoms with Crippen LogP contribution in [0.2, 0.25) is 0 Å². The van der Waals surface area contributed by atoms with E-state index in [1.54, 1.807) is 0 Å². The van der Waals surface area contributed by atoms with Crippen LogP contribution in [-0.4, -0.2) is 48.9 Å². The van der Waals surface area contributed by atoms with Crippen molar-refractivity contribution < 1.29 is 19.3 Å². The lowest BCUT2D eigenvalue weighted by molar-refractivity contribution is -0.228. The summed E-state index contributed by atoms with van der Waals surface area (Å²) in [4.78, 5) is 0. The Labute approximate surface area is 118 Å². The fourth-order valence-electron chi connectivity index (χ4n) is 2.87. The molecule has 1 aromatic rings. The van der Waals surface area contributed by atoms with Crippen LogP contribution in [-0.2, 0) is 20.8 Å². The molecule has 0 unspecified atom stereocenters. The molecule has 20 heavy (non-hydrogen) atoms. The van der Waals surface area contributed by atoms with Crippen molar-refractivity contribution in [1.29, 1.82) is 0 Å². The van der Waals surface area contributed by atoms with Gasteiger partial charge in [-0.25, -0.2) is 0 Å². The first-order chi connectivity index (χ1) is 9.78. The van der Waals surface area contributed by atoms with Crippen molar-refractivity contribution in [2.24, 2.45) is 0 Å². The maximum absolute atomic E-state index is 9.51. The maximum Gasteiger partial charge on any atom is 0.155 e. The first-order valence-electron chi connectivity index (χ1n) is 7.07. The molecular weight excluding hydrogens is 258 g/mol. The molecule has 0 aromatic heterocycles. The Morgan fingerprint density at radius 2 is 2.15 bits per heavy atom. The minimum absolute atomic E-state index is 0.0319. The number of hydrogen-bond acceptors (Lipinski definition) is 5. The zero-order valence-electron chi connectivity index (χ0n) is 11.6. The third kappa shape index (κ3) is 2.87. The summed E-state index contributed by atoms with van der Waals surface area (Å²) in [7, 11) is 0. The fraction of sp³-hybridized carbons (Fsp3) is 0.600. The van der Waals surface area contributed by atoms with Gasteiger partial charge >= 0.3 is 0 Å². The molecule has 0 saturated carbocycles. The van der Waals surface area contributed by atoms with E-state index in [4.69, 9.17) is 14.2 Å². The number of aliphatic hydroxyl groups excluding tert-OH is 1. The maximum atomic E-state index is 9.51. The van der Waals surface area contributed by atoms with Crippen LogP contribution >= 0.6 is 0 Å². The highest BCUT2D eigenvalue weighted by atomic mass is 16.7. The molecule has 0 amide bonds. The van der Waals surface area contributed by atoms with Gasteiger partial charge in [-0.2, -0.15) is 0 Å². The van der Waals surface area contributed by atoms with Crippen LogP contribution in [0.1, 0.15) is 12.5 Å². The second-order valence-electron chi connectivity index (χ2n) is 5.33. The van der Waals surface area contributed by atoms with Crippen molar-refractivity contribution in [3.63, 3.8) is 0 Å². The second-order valence-corrected chi connectivity index (χ2v) is 5.33. The molecular formula is C15H21NO4. The van der Waals surface area contributed by atoms with E-state index in [0.717, 1.165) is 5.56 Å². The molecule has 5 atom stereocenters. The van der Waals surface area contributed by atoms with Crippen LogP contribution in [0.3, 0.4) is 0 Å². The molecule has 110 valence electrons. The summed E-state index contributed by atoms with van der Waals surface area (Å²) in [5, 5.41) is 12.8. The highest BCUT2D eigenvalue weighted by Crippen LogP contribution is 2.27. The minimum atomic E-state index is -0.224. The normalized spacial score (nSPS) is 36.8. The summed E-state index contributed by atoms with van der Waals surface area (Å²) in [5.41, 5.74) is 1.12. The molecule has 3 rings (SSSR count). The van der Waals surface area contributed by atoms with Gasteiger partial charge in [-0.15, -0.1) is 0 Å². The average Bonchev–Trinajstić information content (AvgIpc) is 2.83. The highest BCUT2D eigenvalue weighted by Gasteiger charge is 2.47. The van der Waals surface area contributed by atoms with E-state index in [-0.39, 0.29) is 37.2 Å². The van der Waals surface area contributed by atoms with Crippen molar-refractivity contribution in [2.45, 2.75) is 44.1 Å². The summed E-state index contributed by atoms with van der Waals surface area (Å²) in [6, 6.07) is 10.0. The van der Waals surface area contributed by atoms with E-state index in [2.05, 4.69) is 5.32 Å². The van der Waals surface area contributed by atoms with Gasteiger partial charge in [0.2, 0.25) is 0 Å². The Bertz CT molecular complexity index is 427. The fourth-order valence-corrected chi connectivity index (χ4v) is 2.87. The second kappa shape index (κ2) is 6.20. The van der Waals surface area contributed by atoms with E-state index in [0.29, 0.717) is 13.2 Å². The largest absolute Gasteiger partial charge is 0.395 e. The van der Waals surface area contributed by atoms with Crippen molar-refractivity contribution in [3.05, 3.63) is 35.9 Å². The van der Waals surface area contributed by atoms with Crippen LogP contribution in [0.25, 0.3) is 0 Å².